The van der Waals surface area contributed by atoms with Crippen LogP contribution >= 0.6 is 0 Å². The topological polar surface area (TPSA) is 72.6 Å². The number of hydrogen-bond acceptors (Lipinski definition) is 4. The van der Waals surface area contributed by atoms with E-state index < -0.39 is 17.2 Å². The summed E-state index contributed by atoms with van der Waals surface area (Å²) in [6.45, 7) is 6.11. The summed E-state index contributed by atoms with van der Waals surface area (Å²) in [6.07, 6.45) is 1.90. The second-order valence-electron chi connectivity index (χ2n) is 5.94. The van der Waals surface area contributed by atoms with Gasteiger partial charge in [-0.1, -0.05) is 0 Å². The first-order valence-corrected chi connectivity index (χ1v) is 6.07. The molecule has 0 radical (unpaired) electrons. The second kappa shape index (κ2) is 3.70. The largest absolute Gasteiger partial charge is 0.458 e. The zero-order valence-corrected chi connectivity index (χ0v) is 10.7. The smallest absolute Gasteiger partial charge is 0.332 e. The van der Waals surface area contributed by atoms with E-state index in [1.54, 1.807) is 4.90 Å². The van der Waals surface area contributed by atoms with Gasteiger partial charge in [0.05, 0.1) is 6.04 Å². The summed E-state index contributed by atoms with van der Waals surface area (Å²) in [4.78, 5) is 25.8. The molecule has 0 saturated carbocycles. The molecule has 17 heavy (non-hydrogen) atoms. The van der Waals surface area contributed by atoms with Gasteiger partial charge in [-0.3, -0.25) is 4.79 Å². The van der Waals surface area contributed by atoms with Gasteiger partial charge in [-0.25, -0.2) is 4.79 Å². The fourth-order valence-electron chi connectivity index (χ4n) is 2.73. The van der Waals surface area contributed by atoms with Crippen molar-refractivity contribution in [3.05, 3.63) is 0 Å². The van der Waals surface area contributed by atoms with Crippen molar-refractivity contribution in [1.82, 2.24) is 4.90 Å². The van der Waals surface area contributed by atoms with Gasteiger partial charge in [0, 0.05) is 13.0 Å². The van der Waals surface area contributed by atoms with E-state index in [1.165, 1.54) is 0 Å². The summed E-state index contributed by atoms with van der Waals surface area (Å²) in [5.41, 5.74) is 4.44. The average molecular weight is 240 g/mol. The van der Waals surface area contributed by atoms with Crippen molar-refractivity contribution in [3.63, 3.8) is 0 Å². The van der Waals surface area contributed by atoms with E-state index >= 15 is 0 Å². The van der Waals surface area contributed by atoms with Crippen LogP contribution in [0.15, 0.2) is 0 Å². The number of hydrogen-bond donors (Lipinski definition) is 1. The summed E-state index contributed by atoms with van der Waals surface area (Å²) < 4.78 is 5.43. The zero-order chi connectivity index (χ0) is 12.8. The van der Waals surface area contributed by atoms with Crippen molar-refractivity contribution < 1.29 is 14.3 Å². The van der Waals surface area contributed by atoms with Gasteiger partial charge in [0.2, 0.25) is 5.91 Å². The Labute approximate surface area is 101 Å². The molecule has 2 N–H and O–H groups in total. The fraction of sp³-hybridized carbons (Fsp3) is 0.833. The van der Waals surface area contributed by atoms with Gasteiger partial charge in [0.1, 0.15) is 11.1 Å². The maximum Gasteiger partial charge on any atom is 0.332 e. The lowest BCUT2D eigenvalue weighted by Crippen LogP contribution is -2.50. The zero-order valence-electron chi connectivity index (χ0n) is 10.7. The maximum absolute atomic E-state index is 12.3. The van der Waals surface area contributed by atoms with Crippen molar-refractivity contribution in [2.45, 2.75) is 57.2 Å². The summed E-state index contributed by atoms with van der Waals surface area (Å²) in [5, 5.41) is 0. The Balaban J connectivity index is 2.23. The number of nitrogens with two attached hydrogens (primary N) is 1. The van der Waals surface area contributed by atoms with Gasteiger partial charge in [0.25, 0.3) is 0 Å². The molecule has 2 heterocycles. The van der Waals surface area contributed by atoms with E-state index in [0.29, 0.717) is 19.4 Å². The number of carbonyl (C=O) groups excluding carboxylic acids is 2. The Morgan fingerprint density at radius 2 is 2.18 bits per heavy atom. The van der Waals surface area contributed by atoms with Crippen LogP contribution in [0.25, 0.3) is 0 Å². The molecule has 5 nitrogen and oxygen atoms in total. The number of fused-ring (bicyclic) bond motifs is 1. The van der Waals surface area contributed by atoms with E-state index in [-0.39, 0.29) is 11.9 Å². The van der Waals surface area contributed by atoms with Gasteiger partial charge >= 0.3 is 5.97 Å². The fourth-order valence-corrected chi connectivity index (χ4v) is 2.73. The first-order chi connectivity index (χ1) is 7.76. The number of amides is 1. The molecule has 2 rings (SSSR count). The van der Waals surface area contributed by atoms with Crippen LogP contribution in [0.4, 0.5) is 0 Å². The first kappa shape index (κ1) is 12.4. The molecule has 2 saturated heterocycles. The molecular weight excluding hydrogens is 220 g/mol. The highest BCUT2D eigenvalue weighted by molar-refractivity contribution is 5.95. The van der Waals surface area contributed by atoms with Gasteiger partial charge in [-0.05, 0) is 33.6 Å². The maximum atomic E-state index is 12.3. The van der Waals surface area contributed by atoms with Gasteiger partial charge in [0.15, 0.2) is 0 Å². The number of carbonyl (C=O) groups is 2. The molecule has 2 aliphatic rings. The monoisotopic (exact) mass is 240 g/mol. The molecule has 0 aliphatic carbocycles. The molecule has 96 valence electrons. The third kappa shape index (κ3) is 1.92. The summed E-state index contributed by atoms with van der Waals surface area (Å²) in [5.74, 6) is -0.419. The second-order valence-corrected chi connectivity index (χ2v) is 5.94. The predicted molar refractivity (Wildman–Crippen MR) is 62.1 cm³/mol. The lowest BCUT2D eigenvalue weighted by atomic mass is 9.92. The average Bonchev–Trinajstić information content (AvgIpc) is 2.66. The van der Waals surface area contributed by atoms with Gasteiger partial charge < -0.3 is 15.4 Å². The highest BCUT2D eigenvalue weighted by Crippen LogP contribution is 2.40. The summed E-state index contributed by atoms with van der Waals surface area (Å²) in [7, 11) is 0. The Kier molecular flexibility index (Phi) is 2.69. The number of rotatable bonds is 1. The lowest BCUT2D eigenvalue weighted by Gasteiger charge is -2.32. The SMILES string of the molecule is CC(C)(C)OC(=O)[C@]12CCCN1C(=O)[C@H](N)C2. The molecule has 0 spiro atoms. The van der Waals surface area contributed by atoms with Crippen LogP contribution in [0.2, 0.25) is 0 Å². The molecule has 0 aromatic heterocycles. The molecule has 2 aliphatic heterocycles. The molecule has 5 heteroatoms. The molecule has 0 bridgehead atoms. The third-order valence-corrected chi connectivity index (χ3v) is 3.41. The number of ether oxygens (including phenoxy) is 1. The minimum Gasteiger partial charge on any atom is -0.458 e. The van der Waals surface area contributed by atoms with Crippen molar-refractivity contribution in [3.8, 4) is 0 Å². The van der Waals surface area contributed by atoms with E-state index in [9.17, 15) is 9.59 Å². The summed E-state index contributed by atoms with van der Waals surface area (Å²) >= 11 is 0. The minimum atomic E-state index is -0.788. The predicted octanol–water partition coefficient (Wildman–Crippen LogP) is 0.420. The van der Waals surface area contributed by atoms with E-state index in [2.05, 4.69) is 0 Å². The first-order valence-electron chi connectivity index (χ1n) is 6.07. The molecule has 0 aromatic carbocycles. The molecule has 1 amide bonds. The number of nitrogens with zero attached hydrogens (tertiary/aromatic N) is 1. The third-order valence-electron chi connectivity index (χ3n) is 3.41. The summed E-state index contributed by atoms with van der Waals surface area (Å²) in [6, 6.07) is -0.553. The van der Waals surface area contributed by atoms with Crippen molar-refractivity contribution in [2.75, 3.05) is 6.54 Å². The molecular formula is C12H20N2O3. The van der Waals surface area contributed by atoms with Crippen LogP contribution in [-0.2, 0) is 14.3 Å². The quantitative estimate of drug-likeness (QED) is 0.674. The van der Waals surface area contributed by atoms with Gasteiger partial charge in [-0.15, -0.1) is 0 Å². The Morgan fingerprint density at radius 1 is 1.53 bits per heavy atom. The van der Waals surface area contributed by atoms with E-state index in [0.717, 1.165) is 6.42 Å². The van der Waals surface area contributed by atoms with Crippen LogP contribution in [0, 0.1) is 0 Å². The molecule has 2 fully saturated rings. The highest BCUT2D eigenvalue weighted by Gasteiger charge is 2.58. The normalized spacial score (nSPS) is 32.8. The highest BCUT2D eigenvalue weighted by atomic mass is 16.6. The van der Waals surface area contributed by atoms with Crippen LogP contribution in [-0.4, -0.2) is 40.5 Å². The van der Waals surface area contributed by atoms with Gasteiger partial charge in [-0.2, -0.15) is 0 Å². The van der Waals surface area contributed by atoms with Crippen LogP contribution in [0.5, 0.6) is 0 Å². The van der Waals surface area contributed by atoms with E-state index in [4.69, 9.17) is 10.5 Å². The van der Waals surface area contributed by atoms with Crippen molar-refractivity contribution in [2.24, 2.45) is 5.73 Å². The molecule has 0 unspecified atom stereocenters. The lowest BCUT2D eigenvalue weighted by molar-refractivity contribution is -0.168. The Hall–Kier alpha value is -1.10. The van der Waals surface area contributed by atoms with Crippen molar-refractivity contribution >= 4 is 11.9 Å². The van der Waals surface area contributed by atoms with E-state index in [1.807, 2.05) is 20.8 Å². The Bertz CT molecular complexity index is 361. The number of esters is 1. The minimum absolute atomic E-state index is 0.117. The van der Waals surface area contributed by atoms with Crippen molar-refractivity contribution in [1.29, 1.82) is 0 Å². The van der Waals surface area contributed by atoms with Crippen LogP contribution < -0.4 is 5.73 Å². The Morgan fingerprint density at radius 3 is 2.76 bits per heavy atom. The standard InChI is InChI=1S/C12H20N2O3/c1-11(2,3)17-10(16)12-5-4-6-14(12)9(15)8(13)7-12/h8H,4-7,13H2,1-3H3/t8-,12-/m1/s1. The molecule has 2 atom stereocenters. The molecule has 0 aromatic rings. The van der Waals surface area contributed by atoms with Crippen LogP contribution in [0.1, 0.15) is 40.0 Å². The van der Waals surface area contributed by atoms with Crippen LogP contribution in [0.3, 0.4) is 0 Å².